The first kappa shape index (κ1) is 17.2. The van der Waals surface area contributed by atoms with Gasteiger partial charge in [0.05, 0.1) is 23.1 Å². The molecule has 1 atom stereocenters. The van der Waals surface area contributed by atoms with E-state index in [9.17, 15) is 18.3 Å². The summed E-state index contributed by atoms with van der Waals surface area (Å²) in [7, 11) is 0. The van der Waals surface area contributed by atoms with Gasteiger partial charge in [-0.3, -0.25) is 0 Å². The second-order valence-corrected chi connectivity index (χ2v) is 5.08. The number of aromatic nitrogens is 2. The normalized spacial score (nSPS) is 13.0. The molecule has 8 heteroatoms. The molecule has 0 aliphatic rings. The van der Waals surface area contributed by atoms with Gasteiger partial charge in [0.2, 0.25) is 5.95 Å². The topological polar surface area (TPSA) is 84.1 Å². The highest BCUT2D eigenvalue weighted by Gasteiger charge is 2.30. The van der Waals surface area contributed by atoms with Crippen LogP contribution in [0.15, 0.2) is 30.3 Å². The number of halogens is 3. The summed E-state index contributed by atoms with van der Waals surface area (Å²) >= 11 is 0. The molecule has 0 saturated heterocycles. The van der Waals surface area contributed by atoms with E-state index < -0.39 is 17.8 Å². The van der Waals surface area contributed by atoms with Crippen molar-refractivity contribution in [3.05, 3.63) is 41.6 Å². The van der Waals surface area contributed by atoms with E-state index in [1.807, 2.05) is 0 Å². The number of hydrogen-bond donors (Lipinski definition) is 3. The Balaban J connectivity index is 2.32. The first-order chi connectivity index (χ1) is 10.8. The number of benzene rings is 1. The quantitative estimate of drug-likeness (QED) is 0.786. The minimum atomic E-state index is -4.38. The lowest BCUT2D eigenvalue weighted by atomic mass is 10.1. The summed E-state index contributed by atoms with van der Waals surface area (Å²) in [5.41, 5.74) is 6.39. The van der Waals surface area contributed by atoms with E-state index in [0.29, 0.717) is 17.0 Å². The number of nitrogens with one attached hydrogen (secondary N) is 1. The molecule has 0 radical (unpaired) electrons. The van der Waals surface area contributed by atoms with Crippen LogP contribution in [0.3, 0.4) is 0 Å². The Labute approximate surface area is 131 Å². The molecule has 0 bridgehead atoms. The number of rotatable bonds is 5. The van der Waals surface area contributed by atoms with E-state index in [1.165, 1.54) is 12.1 Å². The van der Waals surface area contributed by atoms with Crippen molar-refractivity contribution in [1.29, 1.82) is 0 Å². The summed E-state index contributed by atoms with van der Waals surface area (Å²) in [6, 6.07) is 6.33. The fraction of sp³-hybridized carbons (Fsp3) is 0.333. The van der Waals surface area contributed by atoms with Gasteiger partial charge in [-0.05, 0) is 25.1 Å². The van der Waals surface area contributed by atoms with Crippen molar-refractivity contribution in [1.82, 2.24) is 9.97 Å². The molecule has 23 heavy (non-hydrogen) atoms. The number of aliphatic hydroxyl groups is 1. The van der Waals surface area contributed by atoms with Gasteiger partial charge in [-0.1, -0.05) is 12.1 Å². The molecule has 124 valence electrons. The molecule has 1 heterocycles. The van der Waals surface area contributed by atoms with Crippen LogP contribution in [0, 0.1) is 0 Å². The number of nitrogens with two attached hydrogens (primary N) is 1. The summed E-state index contributed by atoms with van der Waals surface area (Å²) < 4.78 is 37.8. The van der Waals surface area contributed by atoms with Gasteiger partial charge in [-0.25, -0.2) is 9.97 Å². The minimum absolute atomic E-state index is 0.166. The van der Waals surface area contributed by atoms with Crippen molar-refractivity contribution >= 4 is 5.95 Å². The molecule has 0 aliphatic heterocycles. The number of nitrogens with zero attached hydrogens (tertiary/aromatic N) is 2. The van der Waals surface area contributed by atoms with Crippen LogP contribution < -0.4 is 11.1 Å². The molecule has 2 aromatic rings. The van der Waals surface area contributed by atoms with Crippen molar-refractivity contribution in [3.8, 4) is 11.3 Å². The zero-order valence-corrected chi connectivity index (χ0v) is 12.4. The summed E-state index contributed by atoms with van der Waals surface area (Å²) in [4.78, 5) is 8.41. The molecule has 2 rings (SSSR count). The lowest BCUT2D eigenvalue weighted by molar-refractivity contribution is -0.137. The fourth-order valence-electron chi connectivity index (χ4n) is 1.90. The number of hydrogen-bond acceptors (Lipinski definition) is 5. The molecular formula is C15H17F3N4O. The number of anilines is 1. The third-order valence-corrected chi connectivity index (χ3v) is 3.05. The smallest absolute Gasteiger partial charge is 0.392 e. The SMILES string of the molecule is CC(O)CNc1nc(CN)cc(-c2ccc(C(F)(F)F)cc2)n1. The van der Waals surface area contributed by atoms with Gasteiger partial charge in [0, 0.05) is 18.7 Å². The highest BCUT2D eigenvalue weighted by molar-refractivity contribution is 5.61. The molecule has 1 aromatic heterocycles. The van der Waals surface area contributed by atoms with E-state index in [-0.39, 0.29) is 19.0 Å². The summed E-state index contributed by atoms with van der Waals surface area (Å²) in [5, 5.41) is 12.1. The summed E-state index contributed by atoms with van der Waals surface area (Å²) in [6.45, 7) is 2.02. The van der Waals surface area contributed by atoms with Gasteiger partial charge in [-0.15, -0.1) is 0 Å². The van der Waals surface area contributed by atoms with E-state index in [1.54, 1.807) is 13.0 Å². The average Bonchev–Trinajstić information content (AvgIpc) is 2.52. The van der Waals surface area contributed by atoms with Crippen LogP contribution >= 0.6 is 0 Å². The molecule has 0 spiro atoms. The summed E-state index contributed by atoms with van der Waals surface area (Å²) in [5.74, 6) is 0.267. The van der Waals surface area contributed by atoms with Crippen LogP contribution in [-0.4, -0.2) is 27.7 Å². The van der Waals surface area contributed by atoms with Crippen LogP contribution in [0.5, 0.6) is 0 Å². The van der Waals surface area contributed by atoms with Crippen LogP contribution in [0.2, 0.25) is 0 Å². The Hall–Kier alpha value is -2.19. The maximum atomic E-state index is 12.6. The van der Waals surface area contributed by atoms with Crippen molar-refractivity contribution in [2.45, 2.75) is 25.7 Å². The molecule has 0 fully saturated rings. The highest BCUT2D eigenvalue weighted by Crippen LogP contribution is 2.30. The van der Waals surface area contributed by atoms with Crippen molar-refractivity contribution in [3.63, 3.8) is 0 Å². The van der Waals surface area contributed by atoms with Gasteiger partial charge in [-0.2, -0.15) is 13.2 Å². The van der Waals surface area contributed by atoms with E-state index >= 15 is 0 Å². The lowest BCUT2D eigenvalue weighted by Gasteiger charge is -2.11. The fourth-order valence-corrected chi connectivity index (χ4v) is 1.90. The first-order valence-electron chi connectivity index (χ1n) is 6.97. The number of alkyl halides is 3. The average molecular weight is 326 g/mol. The molecule has 4 N–H and O–H groups in total. The van der Waals surface area contributed by atoms with Gasteiger partial charge < -0.3 is 16.2 Å². The largest absolute Gasteiger partial charge is 0.416 e. The predicted molar refractivity (Wildman–Crippen MR) is 80.5 cm³/mol. The molecular weight excluding hydrogens is 309 g/mol. The Morgan fingerprint density at radius 3 is 2.39 bits per heavy atom. The molecule has 0 amide bonds. The van der Waals surface area contributed by atoms with Gasteiger partial charge in [0.1, 0.15) is 0 Å². The lowest BCUT2D eigenvalue weighted by Crippen LogP contribution is -2.17. The van der Waals surface area contributed by atoms with E-state index in [0.717, 1.165) is 12.1 Å². The van der Waals surface area contributed by atoms with Gasteiger partial charge in [0.25, 0.3) is 0 Å². The van der Waals surface area contributed by atoms with Gasteiger partial charge in [0.15, 0.2) is 0 Å². The van der Waals surface area contributed by atoms with Crippen LogP contribution in [0.25, 0.3) is 11.3 Å². The van der Waals surface area contributed by atoms with Crippen molar-refractivity contribution in [2.24, 2.45) is 5.73 Å². The van der Waals surface area contributed by atoms with Crippen molar-refractivity contribution in [2.75, 3.05) is 11.9 Å². The molecule has 5 nitrogen and oxygen atoms in total. The van der Waals surface area contributed by atoms with Crippen LogP contribution in [-0.2, 0) is 12.7 Å². The molecule has 0 saturated carbocycles. The highest BCUT2D eigenvalue weighted by atomic mass is 19.4. The molecule has 1 unspecified atom stereocenters. The Kier molecular flexibility index (Phi) is 5.17. The number of aliphatic hydroxyl groups excluding tert-OH is 1. The Bertz CT molecular complexity index is 657. The maximum Gasteiger partial charge on any atom is 0.416 e. The second kappa shape index (κ2) is 6.93. The van der Waals surface area contributed by atoms with Crippen LogP contribution in [0.1, 0.15) is 18.2 Å². The first-order valence-corrected chi connectivity index (χ1v) is 6.97. The third-order valence-electron chi connectivity index (χ3n) is 3.05. The monoisotopic (exact) mass is 326 g/mol. The Morgan fingerprint density at radius 1 is 1.22 bits per heavy atom. The Morgan fingerprint density at radius 2 is 1.87 bits per heavy atom. The van der Waals surface area contributed by atoms with E-state index in [2.05, 4.69) is 15.3 Å². The second-order valence-electron chi connectivity index (χ2n) is 5.08. The maximum absolute atomic E-state index is 12.6. The molecule has 0 aliphatic carbocycles. The van der Waals surface area contributed by atoms with Gasteiger partial charge >= 0.3 is 6.18 Å². The minimum Gasteiger partial charge on any atom is -0.392 e. The predicted octanol–water partition coefficient (Wildman–Crippen LogP) is 2.41. The summed E-state index contributed by atoms with van der Waals surface area (Å²) in [6.07, 6.45) is -4.97. The zero-order chi connectivity index (χ0) is 17.0. The van der Waals surface area contributed by atoms with E-state index in [4.69, 9.17) is 5.73 Å². The third kappa shape index (κ3) is 4.64. The molecule has 1 aromatic carbocycles. The van der Waals surface area contributed by atoms with Crippen molar-refractivity contribution < 1.29 is 18.3 Å². The zero-order valence-electron chi connectivity index (χ0n) is 12.4. The standard InChI is InChI=1S/C15H17F3N4O/c1-9(23)8-20-14-21-12(7-19)6-13(22-14)10-2-4-11(5-3-10)15(16,17)18/h2-6,9,23H,7-8,19H2,1H3,(H,20,21,22). The van der Waals surface area contributed by atoms with Crippen LogP contribution in [0.4, 0.5) is 19.1 Å².